The van der Waals surface area contributed by atoms with Crippen LogP contribution >= 0.6 is 11.3 Å². The molecule has 0 radical (unpaired) electrons. The van der Waals surface area contributed by atoms with E-state index in [-0.39, 0.29) is 21.8 Å². The van der Waals surface area contributed by atoms with Crippen molar-refractivity contribution in [1.82, 2.24) is 10.2 Å². The van der Waals surface area contributed by atoms with Gasteiger partial charge in [-0.25, -0.2) is 0 Å². The lowest BCUT2D eigenvalue weighted by Gasteiger charge is -2.10. The van der Waals surface area contributed by atoms with Gasteiger partial charge < -0.3 is 5.32 Å². The Bertz CT molecular complexity index is 799. The van der Waals surface area contributed by atoms with Gasteiger partial charge in [0.1, 0.15) is 0 Å². The molecule has 9 heteroatoms. The summed E-state index contributed by atoms with van der Waals surface area (Å²) in [5.41, 5.74) is 2.32. The van der Waals surface area contributed by atoms with E-state index in [9.17, 15) is 13.2 Å². The molecule has 2 rings (SSSR count). The molecule has 0 saturated heterocycles. The largest absolute Gasteiger partial charge is 0.301 e. The van der Waals surface area contributed by atoms with E-state index in [1.807, 2.05) is 19.9 Å². The SMILES string of the molecule is CCC(=O)Nc1nnc(S(=O)(=O)Nc2cccc(C)c2C)s1. The number of carbonyl (C=O) groups excluding carboxylic acids is 1. The molecule has 2 aromatic rings. The van der Waals surface area contributed by atoms with Crippen LogP contribution < -0.4 is 10.0 Å². The van der Waals surface area contributed by atoms with Gasteiger partial charge in [-0.3, -0.25) is 9.52 Å². The Labute approximate surface area is 132 Å². The van der Waals surface area contributed by atoms with Crippen LogP contribution in [0.5, 0.6) is 0 Å². The van der Waals surface area contributed by atoms with Crippen molar-refractivity contribution in [1.29, 1.82) is 0 Å². The number of carbonyl (C=O) groups is 1. The third-order valence-corrected chi connectivity index (χ3v) is 5.62. The number of hydrogen-bond donors (Lipinski definition) is 2. The Morgan fingerprint density at radius 1 is 1.27 bits per heavy atom. The van der Waals surface area contributed by atoms with Gasteiger partial charge in [0.05, 0.1) is 5.69 Å². The highest BCUT2D eigenvalue weighted by molar-refractivity contribution is 7.94. The second-order valence-corrected chi connectivity index (χ2v) is 7.46. The summed E-state index contributed by atoms with van der Waals surface area (Å²) in [5.74, 6) is -0.248. The van der Waals surface area contributed by atoms with Gasteiger partial charge in [0, 0.05) is 6.42 Å². The van der Waals surface area contributed by atoms with Crippen molar-refractivity contribution in [2.45, 2.75) is 31.5 Å². The molecule has 0 saturated carbocycles. The minimum atomic E-state index is -3.83. The molecule has 0 bridgehead atoms. The molecular weight excluding hydrogens is 324 g/mol. The highest BCUT2D eigenvalue weighted by atomic mass is 32.2. The van der Waals surface area contributed by atoms with Crippen LogP contribution in [0.25, 0.3) is 0 Å². The maximum atomic E-state index is 12.3. The van der Waals surface area contributed by atoms with Crippen LogP contribution in [0, 0.1) is 13.8 Å². The lowest BCUT2D eigenvalue weighted by Crippen LogP contribution is -2.13. The second kappa shape index (κ2) is 6.41. The van der Waals surface area contributed by atoms with Crippen LogP contribution in [-0.4, -0.2) is 24.5 Å². The molecule has 7 nitrogen and oxygen atoms in total. The van der Waals surface area contributed by atoms with Crippen molar-refractivity contribution in [3.8, 4) is 0 Å². The highest BCUT2D eigenvalue weighted by Gasteiger charge is 2.21. The van der Waals surface area contributed by atoms with E-state index in [1.165, 1.54) is 0 Å². The molecule has 0 spiro atoms. The fourth-order valence-corrected chi connectivity index (χ4v) is 3.67. The summed E-state index contributed by atoms with van der Waals surface area (Å²) in [6, 6.07) is 5.35. The molecule has 22 heavy (non-hydrogen) atoms. The van der Waals surface area contributed by atoms with Gasteiger partial charge in [0.2, 0.25) is 11.0 Å². The maximum Gasteiger partial charge on any atom is 0.291 e. The van der Waals surface area contributed by atoms with E-state index in [1.54, 1.807) is 19.1 Å². The Morgan fingerprint density at radius 2 is 2.00 bits per heavy atom. The van der Waals surface area contributed by atoms with E-state index < -0.39 is 10.0 Å². The third-order valence-electron chi connectivity index (χ3n) is 3.05. The number of aromatic nitrogens is 2. The minimum Gasteiger partial charge on any atom is -0.301 e. The monoisotopic (exact) mass is 340 g/mol. The van der Waals surface area contributed by atoms with Crippen LogP contribution in [0.4, 0.5) is 10.8 Å². The van der Waals surface area contributed by atoms with Crippen LogP contribution in [0.15, 0.2) is 22.5 Å². The summed E-state index contributed by atoms with van der Waals surface area (Å²) in [6.07, 6.45) is 0.280. The predicted molar refractivity (Wildman–Crippen MR) is 85.6 cm³/mol. The zero-order chi connectivity index (χ0) is 16.3. The van der Waals surface area contributed by atoms with Gasteiger partial charge in [-0.15, -0.1) is 10.2 Å². The van der Waals surface area contributed by atoms with Crippen molar-refractivity contribution in [3.05, 3.63) is 29.3 Å². The Balaban J connectivity index is 2.24. The number of anilines is 2. The van der Waals surface area contributed by atoms with Gasteiger partial charge in [-0.05, 0) is 31.0 Å². The lowest BCUT2D eigenvalue weighted by molar-refractivity contribution is -0.115. The number of amides is 1. The summed E-state index contributed by atoms with van der Waals surface area (Å²) in [4.78, 5) is 11.3. The van der Waals surface area contributed by atoms with Crippen molar-refractivity contribution in [3.63, 3.8) is 0 Å². The number of rotatable bonds is 5. The van der Waals surface area contributed by atoms with Crippen molar-refractivity contribution in [2.75, 3.05) is 10.0 Å². The number of aryl methyl sites for hydroxylation is 1. The molecule has 1 heterocycles. The Kier molecular flexibility index (Phi) is 4.77. The van der Waals surface area contributed by atoms with Gasteiger partial charge in [-0.1, -0.05) is 30.4 Å². The summed E-state index contributed by atoms with van der Waals surface area (Å²) in [7, 11) is -3.83. The standard InChI is InChI=1S/C13H16N4O3S2/c1-4-11(18)14-12-15-16-13(21-12)22(19,20)17-10-7-5-6-8(2)9(10)3/h5-7,17H,4H2,1-3H3,(H,14,15,18). The Hall–Kier alpha value is -2.00. The minimum absolute atomic E-state index is 0.160. The normalized spacial score (nSPS) is 11.2. The molecule has 0 unspecified atom stereocenters. The first-order valence-corrected chi connectivity index (χ1v) is 8.86. The fourth-order valence-electron chi connectivity index (χ4n) is 1.63. The van der Waals surface area contributed by atoms with E-state index in [2.05, 4.69) is 20.2 Å². The maximum absolute atomic E-state index is 12.3. The van der Waals surface area contributed by atoms with Crippen LogP contribution in [0.1, 0.15) is 24.5 Å². The van der Waals surface area contributed by atoms with E-state index in [4.69, 9.17) is 0 Å². The molecule has 0 aliphatic rings. The number of nitrogens with zero attached hydrogens (tertiary/aromatic N) is 2. The topological polar surface area (TPSA) is 101 Å². The summed E-state index contributed by atoms with van der Waals surface area (Å²) >= 11 is 0.808. The molecule has 0 atom stereocenters. The smallest absolute Gasteiger partial charge is 0.291 e. The number of nitrogens with one attached hydrogen (secondary N) is 2. The molecule has 118 valence electrons. The molecule has 1 aromatic heterocycles. The second-order valence-electron chi connectivity index (χ2n) is 4.63. The summed E-state index contributed by atoms with van der Waals surface area (Å²) in [5, 5.41) is 9.94. The van der Waals surface area contributed by atoms with Gasteiger partial charge in [-0.2, -0.15) is 8.42 Å². The first-order chi connectivity index (χ1) is 10.3. The number of hydrogen-bond acceptors (Lipinski definition) is 6. The van der Waals surface area contributed by atoms with Crippen LogP contribution in [-0.2, 0) is 14.8 Å². The highest BCUT2D eigenvalue weighted by Crippen LogP contribution is 2.25. The van der Waals surface area contributed by atoms with Crippen LogP contribution in [0.2, 0.25) is 0 Å². The zero-order valence-electron chi connectivity index (χ0n) is 12.4. The average molecular weight is 340 g/mol. The number of sulfonamides is 1. The molecule has 0 aliphatic heterocycles. The first kappa shape index (κ1) is 16.4. The van der Waals surface area contributed by atoms with Gasteiger partial charge >= 0.3 is 0 Å². The van der Waals surface area contributed by atoms with Crippen molar-refractivity contribution < 1.29 is 13.2 Å². The van der Waals surface area contributed by atoms with Gasteiger partial charge in [0.25, 0.3) is 14.4 Å². The molecule has 1 amide bonds. The molecule has 0 aliphatic carbocycles. The summed E-state index contributed by atoms with van der Waals surface area (Å²) in [6.45, 7) is 5.42. The van der Waals surface area contributed by atoms with Crippen LogP contribution in [0.3, 0.4) is 0 Å². The Morgan fingerprint density at radius 3 is 2.68 bits per heavy atom. The first-order valence-electron chi connectivity index (χ1n) is 6.56. The van der Waals surface area contributed by atoms with E-state index in [0.29, 0.717) is 5.69 Å². The van der Waals surface area contributed by atoms with E-state index >= 15 is 0 Å². The zero-order valence-corrected chi connectivity index (χ0v) is 14.0. The number of benzene rings is 1. The third kappa shape index (κ3) is 3.60. The quantitative estimate of drug-likeness (QED) is 0.813. The average Bonchev–Trinajstić information content (AvgIpc) is 2.93. The van der Waals surface area contributed by atoms with Gasteiger partial charge in [0.15, 0.2) is 0 Å². The summed E-state index contributed by atoms with van der Waals surface area (Å²) < 4.78 is 26.9. The molecule has 2 N–H and O–H groups in total. The molecule has 1 aromatic carbocycles. The van der Waals surface area contributed by atoms with Crippen molar-refractivity contribution in [2.24, 2.45) is 0 Å². The molecular formula is C13H16N4O3S2. The van der Waals surface area contributed by atoms with E-state index in [0.717, 1.165) is 22.5 Å². The molecule has 0 fully saturated rings. The lowest BCUT2D eigenvalue weighted by atomic mass is 10.1. The predicted octanol–water partition coefficient (Wildman–Crippen LogP) is 2.30. The van der Waals surface area contributed by atoms with Crippen molar-refractivity contribution >= 4 is 38.1 Å². The fraction of sp³-hybridized carbons (Fsp3) is 0.308.